The van der Waals surface area contributed by atoms with Gasteiger partial charge in [-0.3, -0.25) is 4.79 Å². The Morgan fingerprint density at radius 3 is 2.90 bits per heavy atom. The molecule has 29 heavy (non-hydrogen) atoms. The molecule has 5 rings (SSSR count). The number of aromatic nitrogens is 3. The van der Waals surface area contributed by atoms with Crippen molar-refractivity contribution in [1.82, 2.24) is 19.5 Å². The summed E-state index contributed by atoms with van der Waals surface area (Å²) < 4.78 is 7.98. The number of ether oxygens (including phenoxy) is 1. The Hall–Kier alpha value is -2.45. The van der Waals surface area contributed by atoms with Gasteiger partial charge in [0, 0.05) is 49.3 Å². The second-order valence-corrected chi connectivity index (χ2v) is 8.39. The number of morpholine rings is 1. The molecule has 0 bridgehead atoms. The first-order valence-corrected chi connectivity index (χ1v) is 10.7. The van der Waals surface area contributed by atoms with Gasteiger partial charge in [0.05, 0.1) is 23.7 Å². The van der Waals surface area contributed by atoms with Crippen LogP contribution < -0.4 is 4.90 Å². The number of hydrogen-bond donors (Lipinski definition) is 0. The van der Waals surface area contributed by atoms with Crippen LogP contribution in [0.3, 0.4) is 0 Å². The lowest BCUT2D eigenvalue weighted by Crippen LogP contribution is -2.42. The van der Waals surface area contributed by atoms with E-state index >= 15 is 0 Å². The summed E-state index contributed by atoms with van der Waals surface area (Å²) in [5, 5.41) is 4.46. The monoisotopic (exact) mass is 455 g/mol. The third-order valence-corrected chi connectivity index (χ3v) is 6.20. The molecular weight excluding hydrogens is 434 g/mol. The lowest BCUT2D eigenvalue weighted by molar-refractivity contribution is 0.0671. The van der Waals surface area contributed by atoms with Crippen molar-refractivity contribution in [2.45, 2.75) is 19.4 Å². The van der Waals surface area contributed by atoms with Crippen LogP contribution in [0.5, 0.6) is 0 Å². The summed E-state index contributed by atoms with van der Waals surface area (Å²) in [5.74, 6) is -0.0541. The van der Waals surface area contributed by atoms with Gasteiger partial charge in [-0.05, 0) is 40.9 Å². The van der Waals surface area contributed by atoms with Crippen LogP contribution in [0.25, 0.3) is 5.65 Å². The molecule has 2 aromatic heterocycles. The largest absolute Gasteiger partial charge is 0.378 e. The van der Waals surface area contributed by atoms with Crippen LogP contribution in [-0.2, 0) is 11.2 Å². The number of rotatable bonds is 2. The summed E-state index contributed by atoms with van der Waals surface area (Å²) in [7, 11) is 0. The van der Waals surface area contributed by atoms with Gasteiger partial charge in [0.2, 0.25) is 0 Å². The molecule has 150 valence electrons. The smallest absolute Gasteiger partial charge is 0.274 e. The van der Waals surface area contributed by atoms with Crippen molar-refractivity contribution in [3.63, 3.8) is 0 Å². The normalized spacial score (nSPS) is 19.4. The first kappa shape index (κ1) is 18.6. The van der Waals surface area contributed by atoms with Crippen molar-refractivity contribution in [2.24, 2.45) is 0 Å². The lowest BCUT2D eigenvalue weighted by Gasteiger charge is -2.39. The molecule has 1 aromatic carbocycles. The van der Waals surface area contributed by atoms with E-state index in [4.69, 9.17) is 4.74 Å². The maximum Gasteiger partial charge on any atom is 0.274 e. The average molecular weight is 456 g/mol. The number of benzene rings is 1. The van der Waals surface area contributed by atoms with Gasteiger partial charge in [0.15, 0.2) is 11.3 Å². The summed E-state index contributed by atoms with van der Waals surface area (Å²) >= 11 is 3.40. The van der Waals surface area contributed by atoms with Crippen molar-refractivity contribution in [1.29, 1.82) is 0 Å². The fourth-order valence-electron chi connectivity index (χ4n) is 4.35. The zero-order valence-electron chi connectivity index (χ0n) is 16.2. The van der Waals surface area contributed by atoms with E-state index in [1.54, 1.807) is 16.8 Å². The molecule has 0 spiro atoms. The van der Waals surface area contributed by atoms with Crippen molar-refractivity contribution in [2.75, 3.05) is 37.7 Å². The summed E-state index contributed by atoms with van der Waals surface area (Å²) in [6, 6.07) is 8.21. The van der Waals surface area contributed by atoms with Gasteiger partial charge in [-0.15, -0.1) is 0 Å². The summed E-state index contributed by atoms with van der Waals surface area (Å²) in [6.07, 6.45) is 4.37. The third-order valence-electron chi connectivity index (χ3n) is 5.79. The molecule has 0 aliphatic carbocycles. The second kappa shape index (κ2) is 7.42. The Kier molecular flexibility index (Phi) is 4.75. The van der Waals surface area contributed by atoms with E-state index in [1.165, 1.54) is 16.8 Å². The van der Waals surface area contributed by atoms with Gasteiger partial charge in [0.25, 0.3) is 5.91 Å². The lowest BCUT2D eigenvalue weighted by atomic mass is 9.91. The van der Waals surface area contributed by atoms with E-state index in [0.717, 1.165) is 37.2 Å². The van der Waals surface area contributed by atoms with E-state index in [-0.39, 0.29) is 11.9 Å². The van der Waals surface area contributed by atoms with Crippen molar-refractivity contribution in [3.8, 4) is 0 Å². The first-order valence-electron chi connectivity index (χ1n) is 9.88. The fourth-order valence-corrected chi connectivity index (χ4v) is 4.65. The molecule has 2 aliphatic heterocycles. The molecule has 2 aliphatic rings. The Labute approximate surface area is 177 Å². The fraction of sp³-hybridized carbons (Fsp3) is 0.381. The molecule has 1 atom stereocenters. The minimum absolute atomic E-state index is 0.0187. The van der Waals surface area contributed by atoms with Crippen LogP contribution >= 0.6 is 15.9 Å². The highest BCUT2D eigenvalue weighted by Gasteiger charge is 2.32. The van der Waals surface area contributed by atoms with E-state index in [0.29, 0.717) is 17.9 Å². The minimum atomic E-state index is -0.0541. The predicted molar refractivity (Wildman–Crippen MR) is 113 cm³/mol. The van der Waals surface area contributed by atoms with E-state index in [1.807, 2.05) is 11.1 Å². The number of nitrogens with zero attached hydrogens (tertiary/aromatic N) is 5. The molecule has 1 unspecified atom stereocenters. The number of anilines is 1. The van der Waals surface area contributed by atoms with E-state index in [2.05, 4.69) is 56.0 Å². The van der Waals surface area contributed by atoms with Crippen molar-refractivity contribution in [3.05, 3.63) is 58.0 Å². The van der Waals surface area contributed by atoms with Gasteiger partial charge in [-0.1, -0.05) is 12.1 Å². The van der Waals surface area contributed by atoms with E-state index in [9.17, 15) is 4.79 Å². The van der Waals surface area contributed by atoms with Crippen LogP contribution in [0.2, 0.25) is 0 Å². The van der Waals surface area contributed by atoms with Gasteiger partial charge in [-0.2, -0.15) is 5.10 Å². The average Bonchev–Trinajstić information content (AvgIpc) is 3.17. The standard InChI is InChI=1S/C21H22BrN5O2/c1-14-20-15(3-2-4-18(20)25-7-9-29-10-8-25)5-6-26(14)21(28)17-11-19-23-12-16(22)13-27(19)24-17/h2-4,11-14H,5-10H2,1H3. The predicted octanol–water partition coefficient (Wildman–Crippen LogP) is 3.09. The molecule has 0 N–H and O–H groups in total. The Morgan fingerprint density at radius 1 is 1.24 bits per heavy atom. The SMILES string of the molecule is CC1c2c(cccc2N2CCOCC2)CCN1C(=O)c1cc2ncc(Br)cn2n1. The molecule has 4 heterocycles. The molecule has 0 radical (unpaired) electrons. The molecule has 8 heteroatoms. The summed E-state index contributed by atoms with van der Waals surface area (Å²) in [4.78, 5) is 22.0. The summed E-state index contributed by atoms with van der Waals surface area (Å²) in [6.45, 7) is 6.04. The van der Waals surface area contributed by atoms with Crippen LogP contribution in [-0.4, -0.2) is 58.3 Å². The molecule has 1 amide bonds. The van der Waals surface area contributed by atoms with Crippen LogP contribution in [0.15, 0.2) is 41.1 Å². The number of hydrogen-bond acceptors (Lipinski definition) is 5. The molecule has 0 saturated carbocycles. The quantitative estimate of drug-likeness (QED) is 0.593. The van der Waals surface area contributed by atoms with Crippen LogP contribution in [0.1, 0.15) is 34.6 Å². The molecule has 3 aromatic rings. The zero-order chi connectivity index (χ0) is 20.0. The Balaban J connectivity index is 1.48. The number of carbonyl (C=O) groups is 1. The second-order valence-electron chi connectivity index (χ2n) is 7.48. The Bertz CT molecular complexity index is 1080. The topological polar surface area (TPSA) is 63.0 Å². The maximum absolute atomic E-state index is 13.3. The molecule has 7 nitrogen and oxygen atoms in total. The van der Waals surface area contributed by atoms with Gasteiger partial charge in [0.1, 0.15) is 0 Å². The molecule has 1 saturated heterocycles. The molecule has 1 fully saturated rings. The highest BCUT2D eigenvalue weighted by Crippen LogP contribution is 2.37. The van der Waals surface area contributed by atoms with Gasteiger partial charge < -0.3 is 14.5 Å². The van der Waals surface area contributed by atoms with Crippen LogP contribution in [0.4, 0.5) is 5.69 Å². The van der Waals surface area contributed by atoms with Crippen molar-refractivity contribution >= 4 is 33.2 Å². The maximum atomic E-state index is 13.3. The number of halogens is 1. The van der Waals surface area contributed by atoms with Crippen molar-refractivity contribution < 1.29 is 9.53 Å². The summed E-state index contributed by atoms with van der Waals surface area (Å²) in [5.41, 5.74) is 4.88. The number of carbonyl (C=O) groups excluding carboxylic acids is 1. The zero-order valence-corrected chi connectivity index (χ0v) is 17.8. The van der Waals surface area contributed by atoms with E-state index < -0.39 is 0 Å². The Morgan fingerprint density at radius 2 is 2.07 bits per heavy atom. The van der Waals surface area contributed by atoms with Crippen LogP contribution in [0, 0.1) is 0 Å². The number of amides is 1. The highest BCUT2D eigenvalue weighted by molar-refractivity contribution is 9.10. The first-order chi connectivity index (χ1) is 14.1. The minimum Gasteiger partial charge on any atom is -0.378 e. The van der Waals surface area contributed by atoms with Gasteiger partial charge in [-0.25, -0.2) is 9.50 Å². The molecular formula is C21H22BrN5O2. The third kappa shape index (κ3) is 3.30. The number of fused-ring (bicyclic) bond motifs is 2. The highest BCUT2D eigenvalue weighted by atomic mass is 79.9. The van der Waals surface area contributed by atoms with Gasteiger partial charge >= 0.3 is 0 Å².